The lowest BCUT2D eigenvalue weighted by Crippen LogP contribution is -2.21. The third kappa shape index (κ3) is 4.22. The number of nitrogens with one attached hydrogen (secondary N) is 1. The number of aromatic nitrogens is 2. The third-order valence-electron chi connectivity index (χ3n) is 3.70. The number of nitrogens with zero attached hydrogens (tertiary/aromatic N) is 2. The van der Waals surface area contributed by atoms with E-state index in [9.17, 15) is 13.2 Å². The van der Waals surface area contributed by atoms with E-state index in [1.54, 1.807) is 23.7 Å². The summed E-state index contributed by atoms with van der Waals surface area (Å²) < 4.78 is 41.0. The Bertz CT molecular complexity index is 674. The van der Waals surface area contributed by atoms with Gasteiger partial charge >= 0.3 is 6.18 Å². The average Bonchev–Trinajstić information content (AvgIpc) is 2.84. The molecule has 0 fully saturated rings. The number of aryl methyl sites for hydroxylation is 1. The molecule has 1 heterocycles. The molecule has 0 aliphatic heterocycles. The van der Waals surface area contributed by atoms with E-state index in [-0.39, 0.29) is 5.56 Å². The minimum atomic E-state index is -4.35. The number of alkyl halides is 3. The Hall–Kier alpha value is -2.08. The molecule has 0 saturated carbocycles. The van der Waals surface area contributed by atoms with Crippen LogP contribution >= 0.6 is 0 Å². The smallest absolute Gasteiger partial charge is 0.306 e. The van der Waals surface area contributed by atoms with Gasteiger partial charge in [0.2, 0.25) is 0 Å². The van der Waals surface area contributed by atoms with Crippen molar-refractivity contribution in [3.63, 3.8) is 0 Å². The van der Waals surface area contributed by atoms with Crippen molar-refractivity contribution in [3.8, 4) is 0 Å². The van der Waals surface area contributed by atoms with Gasteiger partial charge in [0.05, 0.1) is 17.8 Å². The molecule has 0 bridgehead atoms. The minimum absolute atomic E-state index is 0.246. The predicted octanol–water partition coefficient (Wildman–Crippen LogP) is 4.25. The highest BCUT2D eigenvalue weighted by molar-refractivity contribution is 5.32. The molecule has 1 aromatic heterocycles. The lowest BCUT2D eigenvalue weighted by atomic mass is 10.0. The van der Waals surface area contributed by atoms with Gasteiger partial charge in [-0.1, -0.05) is 24.3 Å². The number of rotatable bonds is 6. The Labute approximate surface area is 133 Å². The van der Waals surface area contributed by atoms with Gasteiger partial charge < -0.3 is 5.32 Å². The highest BCUT2D eigenvalue weighted by Gasteiger charge is 2.34. The standard InChI is InChI=1S/C17H20F3N3/c1-4-9-23-11-14(12(2)22-23)10-21-13(3)15-7-5-6-8-16(15)17(18,19)20/h4-8,11,13,21H,1,9-10H2,2-3H3/t13-/m0/s1. The molecule has 1 N–H and O–H groups in total. The quantitative estimate of drug-likeness (QED) is 0.806. The SMILES string of the molecule is C=CCn1cc(CN[C@@H](C)c2ccccc2C(F)(F)F)c(C)n1. The first kappa shape index (κ1) is 17.3. The van der Waals surface area contributed by atoms with Gasteiger partial charge in [-0.15, -0.1) is 6.58 Å². The zero-order valence-electron chi connectivity index (χ0n) is 13.2. The molecule has 3 nitrogen and oxygen atoms in total. The molecule has 124 valence electrons. The lowest BCUT2D eigenvalue weighted by molar-refractivity contribution is -0.138. The van der Waals surface area contributed by atoms with Gasteiger partial charge in [0, 0.05) is 24.3 Å². The van der Waals surface area contributed by atoms with Crippen LogP contribution in [0.25, 0.3) is 0 Å². The molecule has 0 unspecified atom stereocenters. The second-order valence-corrected chi connectivity index (χ2v) is 5.44. The first-order valence-corrected chi connectivity index (χ1v) is 7.36. The van der Waals surface area contributed by atoms with Crippen molar-refractivity contribution in [3.05, 3.63) is 65.5 Å². The van der Waals surface area contributed by atoms with E-state index < -0.39 is 17.8 Å². The van der Waals surface area contributed by atoms with Crippen LogP contribution in [0.1, 0.15) is 35.3 Å². The fraction of sp³-hybridized carbons (Fsp3) is 0.353. The van der Waals surface area contributed by atoms with Crippen molar-refractivity contribution < 1.29 is 13.2 Å². The minimum Gasteiger partial charge on any atom is -0.306 e. The molecule has 2 rings (SSSR count). The summed E-state index contributed by atoms with van der Waals surface area (Å²) in [6, 6.07) is 5.23. The number of benzene rings is 1. The Morgan fingerprint density at radius 2 is 2.04 bits per heavy atom. The van der Waals surface area contributed by atoms with Crippen LogP contribution in [0.5, 0.6) is 0 Å². The largest absolute Gasteiger partial charge is 0.416 e. The zero-order valence-corrected chi connectivity index (χ0v) is 13.2. The molecule has 0 amide bonds. The van der Waals surface area contributed by atoms with Gasteiger partial charge in [0.15, 0.2) is 0 Å². The van der Waals surface area contributed by atoms with Crippen LogP contribution in [-0.2, 0) is 19.3 Å². The Kier molecular flexibility index (Phi) is 5.26. The second-order valence-electron chi connectivity index (χ2n) is 5.44. The molecule has 0 radical (unpaired) electrons. The molecule has 6 heteroatoms. The summed E-state index contributed by atoms with van der Waals surface area (Å²) in [7, 11) is 0. The number of hydrogen-bond donors (Lipinski definition) is 1. The van der Waals surface area contributed by atoms with Crippen LogP contribution in [0.15, 0.2) is 43.1 Å². The van der Waals surface area contributed by atoms with Crippen molar-refractivity contribution in [2.75, 3.05) is 0 Å². The molecule has 23 heavy (non-hydrogen) atoms. The van der Waals surface area contributed by atoms with Crippen LogP contribution < -0.4 is 5.32 Å². The number of halogens is 3. The van der Waals surface area contributed by atoms with Crippen molar-refractivity contribution in [2.45, 2.75) is 39.2 Å². The Morgan fingerprint density at radius 3 is 2.70 bits per heavy atom. The maximum absolute atomic E-state index is 13.1. The normalized spacial score (nSPS) is 13.1. The number of hydrogen-bond acceptors (Lipinski definition) is 2. The monoisotopic (exact) mass is 323 g/mol. The molecular formula is C17H20F3N3. The van der Waals surface area contributed by atoms with Gasteiger partial charge in [-0.25, -0.2) is 0 Å². The molecule has 1 aromatic carbocycles. The van der Waals surface area contributed by atoms with E-state index >= 15 is 0 Å². The van der Waals surface area contributed by atoms with Gasteiger partial charge in [-0.2, -0.15) is 18.3 Å². The summed E-state index contributed by atoms with van der Waals surface area (Å²) in [4.78, 5) is 0. The van der Waals surface area contributed by atoms with Crippen molar-refractivity contribution >= 4 is 0 Å². The van der Waals surface area contributed by atoms with E-state index in [4.69, 9.17) is 0 Å². The fourth-order valence-corrected chi connectivity index (χ4v) is 2.46. The summed E-state index contributed by atoms with van der Waals surface area (Å²) >= 11 is 0. The maximum atomic E-state index is 13.1. The highest BCUT2D eigenvalue weighted by atomic mass is 19.4. The maximum Gasteiger partial charge on any atom is 0.416 e. The van der Waals surface area contributed by atoms with Crippen LogP contribution in [0.3, 0.4) is 0 Å². The van der Waals surface area contributed by atoms with Gasteiger partial charge in [-0.3, -0.25) is 4.68 Å². The van der Waals surface area contributed by atoms with Gasteiger partial charge in [0.1, 0.15) is 0 Å². The average molecular weight is 323 g/mol. The molecule has 0 saturated heterocycles. The Morgan fingerprint density at radius 1 is 1.35 bits per heavy atom. The van der Waals surface area contributed by atoms with Crippen molar-refractivity contribution in [2.24, 2.45) is 0 Å². The van der Waals surface area contributed by atoms with Crippen LogP contribution in [-0.4, -0.2) is 9.78 Å². The van der Waals surface area contributed by atoms with E-state index in [0.717, 1.165) is 17.3 Å². The van der Waals surface area contributed by atoms with Crippen LogP contribution in [0, 0.1) is 6.92 Å². The Balaban J connectivity index is 2.11. The van der Waals surface area contributed by atoms with E-state index in [1.165, 1.54) is 12.1 Å². The molecular weight excluding hydrogens is 303 g/mol. The molecule has 1 atom stereocenters. The topological polar surface area (TPSA) is 29.9 Å². The fourth-order valence-electron chi connectivity index (χ4n) is 2.46. The predicted molar refractivity (Wildman–Crippen MR) is 83.9 cm³/mol. The van der Waals surface area contributed by atoms with Crippen molar-refractivity contribution in [1.82, 2.24) is 15.1 Å². The third-order valence-corrected chi connectivity index (χ3v) is 3.70. The first-order chi connectivity index (χ1) is 10.8. The summed E-state index contributed by atoms with van der Waals surface area (Å²) in [5.74, 6) is 0. The summed E-state index contributed by atoms with van der Waals surface area (Å²) in [5.41, 5.74) is 1.47. The summed E-state index contributed by atoms with van der Waals surface area (Å²) in [5, 5.41) is 7.48. The van der Waals surface area contributed by atoms with Gasteiger partial charge in [-0.05, 0) is 25.5 Å². The van der Waals surface area contributed by atoms with Crippen LogP contribution in [0.4, 0.5) is 13.2 Å². The second kappa shape index (κ2) is 7.00. The lowest BCUT2D eigenvalue weighted by Gasteiger charge is -2.19. The van der Waals surface area contributed by atoms with Gasteiger partial charge in [0.25, 0.3) is 0 Å². The van der Waals surface area contributed by atoms with E-state index in [1.807, 2.05) is 13.1 Å². The van der Waals surface area contributed by atoms with E-state index in [2.05, 4.69) is 17.0 Å². The summed E-state index contributed by atoms with van der Waals surface area (Å²) in [6.07, 6.45) is -0.727. The van der Waals surface area contributed by atoms with Crippen LogP contribution in [0.2, 0.25) is 0 Å². The summed E-state index contributed by atoms with van der Waals surface area (Å²) in [6.45, 7) is 8.33. The first-order valence-electron chi connectivity index (χ1n) is 7.36. The molecule has 0 aliphatic carbocycles. The van der Waals surface area contributed by atoms with E-state index in [0.29, 0.717) is 13.1 Å². The molecule has 0 spiro atoms. The zero-order chi connectivity index (χ0) is 17.0. The highest BCUT2D eigenvalue weighted by Crippen LogP contribution is 2.34. The molecule has 2 aromatic rings. The molecule has 0 aliphatic rings. The van der Waals surface area contributed by atoms with Crippen molar-refractivity contribution in [1.29, 1.82) is 0 Å². The number of allylic oxidation sites excluding steroid dienone is 1.